The van der Waals surface area contributed by atoms with Gasteiger partial charge in [-0.15, -0.1) is 0 Å². The number of thioether (sulfide) groups is 1. The van der Waals surface area contributed by atoms with Crippen LogP contribution >= 0.6 is 24.0 Å². The third-order valence-electron chi connectivity index (χ3n) is 4.87. The summed E-state index contributed by atoms with van der Waals surface area (Å²) in [5, 5.41) is 0. The summed E-state index contributed by atoms with van der Waals surface area (Å²) in [5.41, 5.74) is 1.13. The van der Waals surface area contributed by atoms with E-state index in [9.17, 15) is 4.79 Å². The number of rotatable bonds is 6. The van der Waals surface area contributed by atoms with E-state index in [-0.39, 0.29) is 5.91 Å². The van der Waals surface area contributed by atoms with E-state index >= 15 is 0 Å². The van der Waals surface area contributed by atoms with Gasteiger partial charge in [-0.05, 0) is 30.2 Å². The quantitative estimate of drug-likeness (QED) is 0.513. The third kappa shape index (κ3) is 4.66. The molecular weight excluding hydrogens is 408 g/mol. The molecule has 3 heterocycles. The van der Waals surface area contributed by atoms with Crippen LogP contribution in [-0.4, -0.2) is 55.1 Å². The number of furan rings is 1. The lowest BCUT2D eigenvalue weighted by molar-refractivity contribution is -0.122. The molecule has 0 radical (unpaired) electrons. The number of methoxy groups -OCH3 is 1. The Labute approximate surface area is 179 Å². The molecule has 29 heavy (non-hydrogen) atoms. The first kappa shape index (κ1) is 20.0. The molecule has 1 aromatic carbocycles. The summed E-state index contributed by atoms with van der Waals surface area (Å²) in [5.74, 6) is 2.20. The zero-order valence-electron chi connectivity index (χ0n) is 16.1. The van der Waals surface area contributed by atoms with Crippen LogP contribution in [-0.2, 0) is 16.0 Å². The number of benzene rings is 1. The van der Waals surface area contributed by atoms with Gasteiger partial charge in [0, 0.05) is 31.8 Å². The van der Waals surface area contributed by atoms with E-state index in [4.69, 9.17) is 26.1 Å². The third-order valence-corrected chi connectivity index (χ3v) is 6.24. The molecule has 0 spiro atoms. The van der Waals surface area contributed by atoms with E-state index < -0.39 is 0 Å². The molecule has 1 amide bonds. The first-order chi connectivity index (χ1) is 14.1. The van der Waals surface area contributed by atoms with Crippen molar-refractivity contribution < 1.29 is 18.7 Å². The second kappa shape index (κ2) is 9.02. The molecule has 2 aromatic rings. The lowest BCUT2D eigenvalue weighted by Gasteiger charge is -2.26. The van der Waals surface area contributed by atoms with E-state index in [2.05, 4.69) is 4.90 Å². The van der Waals surface area contributed by atoms with Crippen LogP contribution in [0.15, 0.2) is 45.7 Å². The number of thiocarbonyl (C=S) groups is 1. The molecule has 2 saturated heterocycles. The number of morpholine rings is 1. The van der Waals surface area contributed by atoms with Gasteiger partial charge in [-0.25, -0.2) is 0 Å². The molecule has 4 rings (SSSR count). The topological polar surface area (TPSA) is 55.2 Å². The van der Waals surface area contributed by atoms with Gasteiger partial charge in [-0.2, -0.15) is 0 Å². The van der Waals surface area contributed by atoms with Gasteiger partial charge in [0.25, 0.3) is 5.91 Å². The monoisotopic (exact) mass is 430 g/mol. The van der Waals surface area contributed by atoms with Gasteiger partial charge in [0.2, 0.25) is 0 Å². The molecule has 0 atom stereocenters. The first-order valence-electron chi connectivity index (χ1n) is 9.45. The number of amides is 1. The van der Waals surface area contributed by atoms with Gasteiger partial charge >= 0.3 is 0 Å². The van der Waals surface area contributed by atoms with Crippen LogP contribution in [0, 0.1) is 0 Å². The average Bonchev–Trinajstić information content (AvgIpc) is 3.32. The molecule has 6 nitrogen and oxygen atoms in total. The van der Waals surface area contributed by atoms with Gasteiger partial charge in [0.1, 0.15) is 15.8 Å². The maximum Gasteiger partial charge on any atom is 0.266 e. The van der Waals surface area contributed by atoms with Crippen molar-refractivity contribution in [3.05, 3.63) is 52.6 Å². The van der Waals surface area contributed by atoms with Crippen LogP contribution in [0.25, 0.3) is 6.08 Å². The van der Waals surface area contributed by atoms with E-state index in [1.807, 2.05) is 36.4 Å². The van der Waals surface area contributed by atoms with E-state index in [1.165, 1.54) is 11.8 Å². The van der Waals surface area contributed by atoms with Crippen LogP contribution in [0.1, 0.15) is 11.3 Å². The molecule has 2 aliphatic rings. The highest BCUT2D eigenvalue weighted by Gasteiger charge is 2.32. The number of ether oxygens (including phenoxy) is 2. The fourth-order valence-corrected chi connectivity index (χ4v) is 4.52. The zero-order chi connectivity index (χ0) is 20.2. The van der Waals surface area contributed by atoms with E-state index in [0.717, 1.165) is 36.7 Å². The predicted molar refractivity (Wildman–Crippen MR) is 118 cm³/mol. The minimum Gasteiger partial charge on any atom is -0.497 e. The van der Waals surface area contributed by atoms with Crippen molar-refractivity contribution in [3.8, 4) is 5.75 Å². The van der Waals surface area contributed by atoms with Crippen LogP contribution in [0.2, 0.25) is 0 Å². The Morgan fingerprint density at radius 2 is 1.93 bits per heavy atom. The number of carbonyl (C=O) groups excluding carboxylic acids is 1. The highest BCUT2D eigenvalue weighted by Crippen LogP contribution is 2.33. The van der Waals surface area contributed by atoms with Crippen LogP contribution in [0.3, 0.4) is 0 Å². The van der Waals surface area contributed by atoms with E-state index in [0.29, 0.717) is 34.7 Å². The molecular formula is C21H22N2O4S2. The zero-order valence-corrected chi connectivity index (χ0v) is 17.8. The van der Waals surface area contributed by atoms with Crippen molar-refractivity contribution in [2.24, 2.45) is 0 Å². The van der Waals surface area contributed by atoms with Crippen molar-refractivity contribution >= 4 is 46.2 Å². The van der Waals surface area contributed by atoms with Gasteiger partial charge in [-0.1, -0.05) is 36.1 Å². The van der Waals surface area contributed by atoms with Gasteiger partial charge in [-0.3, -0.25) is 9.69 Å². The van der Waals surface area contributed by atoms with Crippen molar-refractivity contribution in [3.63, 3.8) is 0 Å². The fourth-order valence-electron chi connectivity index (χ4n) is 3.23. The fraction of sp³-hybridized carbons (Fsp3) is 0.333. The smallest absolute Gasteiger partial charge is 0.266 e. The molecule has 152 valence electrons. The number of carbonyl (C=O) groups is 1. The Morgan fingerprint density at radius 1 is 1.17 bits per heavy atom. The van der Waals surface area contributed by atoms with Crippen molar-refractivity contribution in [1.82, 2.24) is 4.90 Å². The Morgan fingerprint density at radius 3 is 2.66 bits per heavy atom. The van der Waals surface area contributed by atoms with Crippen molar-refractivity contribution in [2.75, 3.05) is 44.9 Å². The summed E-state index contributed by atoms with van der Waals surface area (Å²) in [7, 11) is 1.64. The van der Waals surface area contributed by atoms with Crippen molar-refractivity contribution in [1.29, 1.82) is 0 Å². The Balaban J connectivity index is 1.40. The summed E-state index contributed by atoms with van der Waals surface area (Å²) in [6.45, 7) is 3.55. The van der Waals surface area contributed by atoms with Crippen LogP contribution in [0.5, 0.6) is 5.75 Å². The second-order valence-electron chi connectivity index (χ2n) is 6.71. The summed E-state index contributed by atoms with van der Waals surface area (Å²) < 4.78 is 17.0. The average molecular weight is 431 g/mol. The standard InChI is InChI=1S/C21H22N2O4S2/c1-25-16-4-2-15(3-5-16)8-9-23-20(24)18(29-21(23)28)14-17-6-7-19(27-17)22-10-12-26-13-11-22/h2-7,14H,8-13H2,1H3/b18-14-. The molecule has 0 N–H and O–H groups in total. The molecule has 2 aliphatic heterocycles. The Bertz CT molecular complexity index is 917. The number of hydrogen-bond donors (Lipinski definition) is 0. The Kier molecular flexibility index (Phi) is 6.22. The van der Waals surface area contributed by atoms with Gasteiger partial charge in [0.05, 0.1) is 25.2 Å². The van der Waals surface area contributed by atoms with E-state index in [1.54, 1.807) is 18.1 Å². The highest BCUT2D eigenvalue weighted by molar-refractivity contribution is 8.26. The summed E-state index contributed by atoms with van der Waals surface area (Å²) >= 11 is 6.75. The summed E-state index contributed by atoms with van der Waals surface area (Å²) in [4.78, 5) is 17.2. The first-order valence-corrected chi connectivity index (χ1v) is 10.7. The largest absolute Gasteiger partial charge is 0.497 e. The SMILES string of the molecule is COc1ccc(CCN2C(=O)/C(=C/c3ccc(N4CCOCC4)o3)SC2=S)cc1. The molecule has 0 saturated carbocycles. The number of hydrogen-bond acceptors (Lipinski definition) is 7. The molecule has 2 fully saturated rings. The van der Waals surface area contributed by atoms with Crippen LogP contribution in [0.4, 0.5) is 5.88 Å². The molecule has 0 bridgehead atoms. The number of anilines is 1. The van der Waals surface area contributed by atoms with Gasteiger partial charge < -0.3 is 18.8 Å². The Hall–Kier alpha value is -2.29. The lowest BCUT2D eigenvalue weighted by Crippen LogP contribution is -2.35. The normalized spacial score (nSPS) is 18.7. The second-order valence-corrected chi connectivity index (χ2v) is 8.38. The maximum absolute atomic E-state index is 12.8. The molecule has 1 aromatic heterocycles. The summed E-state index contributed by atoms with van der Waals surface area (Å²) in [6, 6.07) is 11.7. The van der Waals surface area contributed by atoms with Gasteiger partial charge in [0.15, 0.2) is 5.88 Å². The maximum atomic E-state index is 12.8. The summed E-state index contributed by atoms with van der Waals surface area (Å²) in [6.07, 6.45) is 2.50. The van der Waals surface area contributed by atoms with Crippen molar-refractivity contribution in [2.45, 2.75) is 6.42 Å². The minimum absolute atomic E-state index is 0.0714. The minimum atomic E-state index is -0.0714. The molecule has 0 unspecified atom stereocenters. The molecule has 8 heteroatoms. The van der Waals surface area contributed by atoms with Crippen LogP contribution < -0.4 is 9.64 Å². The molecule has 0 aliphatic carbocycles. The number of nitrogens with zero attached hydrogens (tertiary/aromatic N) is 2. The lowest BCUT2D eigenvalue weighted by atomic mass is 10.1. The predicted octanol–water partition coefficient (Wildman–Crippen LogP) is 3.57. The highest BCUT2D eigenvalue weighted by atomic mass is 32.2.